The number of carbonyl (C=O) groups is 1. The molecule has 1 aliphatic rings. The molecular weight excluding hydrogens is 416 g/mol. The number of aromatic nitrogens is 2. The summed E-state index contributed by atoms with van der Waals surface area (Å²) in [7, 11) is 0. The Morgan fingerprint density at radius 1 is 1.22 bits per heavy atom. The van der Waals surface area contributed by atoms with Crippen LogP contribution in [0.25, 0.3) is 27.2 Å². The van der Waals surface area contributed by atoms with Gasteiger partial charge in [-0.3, -0.25) is 4.79 Å². The molecule has 1 amide bonds. The largest absolute Gasteiger partial charge is 0.346 e. The van der Waals surface area contributed by atoms with Gasteiger partial charge in [-0.15, -0.1) is 11.3 Å². The van der Waals surface area contributed by atoms with Gasteiger partial charge < -0.3 is 9.47 Å². The predicted octanol–water partition coefficient (Wildman–Crippen LogP) is 5.58. The second-order valence-electron chi connectivity index (χ2n) is 8.18. The third-order valence-electron chi connectivity index (χ3n) is 6.08. The minimum atomic E-state index is 0.0460. The lowest BCUT2D eigenvalue weighted by atomic mass is 9.98. The summed E-state index contributed by atoms with van der Waals surface area (Å²) in [5.41, 5.74) is 3.14. The maximum Gasteiger partial charge on any atom is 0.246 e. The number of rotatable bonds is 5. The summed E-state index contributed by atoms with van der Waals surface area (Å²) in [6, 6.07) is 18.6. The zero-order valence-corrected chi connectivity index (χ0v) is 18.6. The van der Waals surface area contributed by atoms with Crippen LogP contribution in [0.4, 0.5) is 0 Å². The maximum absolute atomic E-state index is 13.0. The molecule has 5 nitrogen and oxygen atoms in total. The number of piperidine rings is 1. The fourth-order valence-corrected chi connectivity index (χ4v) is 5.57. The Balaban J connectivity index is 1.33. The Bertz CT molecular complexity index is 1310. The van der Waals surface area contributed by atoms with Crippen molar-refractivity contribution < 1.29 is 4.79 Å². The van der Waals surface area contributed by atoms with Gasteiger partial charge in [-0.25, -0.2) is 4.98 Å². The van der Waals surface area contributed by atoms with Crippen LogP contribution in [0.5, 0.6) is 0 Å². The van der Waals surface area contributed by atoms with Gasteiger partial charge in [0, 0.05) is 54.3 Å². The fourth-order valence-electron chi connectivity index (χ4n) is 4.47. The lowest BCUT2D eigenvalue weighted by Gasteiger charge is -2.31. The molecule has 0 bridgehead atoms. The van der Waals surface area contributed by atoms with Crippen molar-refractivity contribution >= 4 is 44.4 Å². The molecule has 4 aromatic rings. The predicted molar refractivity (Wildman–Crippen MR) is 129 cm³/mol. The van der Waals surface area contributed by atoms with Crippen LogP contribution in [0.1, 0.15) is 35.8 Å². The number of aryl methyl sites for hydroxylation is 1. The van der Waals surface area contributed by atoms with Gasteiger partial charge in [0.2, 0.25) is 5.91 Å². The van der Waals surface area contributed by atoms with E-state index in [0.29, 0.717) is 25.4 Å². The first-order valence-corrected chi connectivity index (χ1v) is 11.8. The van der Waals surface area contributed by atoms with Crippen LogP contribution in [0.3, 0.4) is 0 Å². The van der Waals surface area contributed by atoms with Crippen molar-refractivity contribution in [1.29, 1.82) is 5.26 Å². The third kappa shape index (κ3) is 4.04. The van der Waals surface area contributed by atoms with Gasteiger partial charge in [-0.05, 0) is 37.1 Å². The summed E-state index contributed by atoms with van der Waals surface area (Å²) in [5.74, 6) is 0.344. The van der Waals surface area contributed by atoms with Crippen LogP contribution in [-0.4, -0.2) is 33.4 Å². The number of thiazole rings is 1. The summed E-state index contributed by atoms with van der Waals surface area (Å²) in [5, 5.41) is 11.2. The van der Waals surface area contributed by atoms with Crippen molar-refractivity contribution in [2.24, 2.45) is 0 Å². The Morgan fingerprint density at radius 2 is 2.06 bits per heavy atom. The molecule has 0 spiro atoms. The number of hydrogen-bond donors (Lipinski definition) is 0. The Hall–Kier alpha value is -3.43. The zero-order chi connectivity index (χ0) is 21.9. The molecule has 0 N–H and O–H groups in total. The molecule has 1 fully saturated rings. The highest BCUT2D eigenvalue weighted by Crippen LogP contribution is 2.33. The van der Waals surface area contributed by atoms with Gasteiger partial charge in [0.1, 0.15) is 0 Å². The van der Waals surface area contributed by atoms with Gasteiger partial charge in [-0.2, -0.15) is 5.26 Å². The first kappa shape index (κ1) is 20.5. The molecule has 1 atom stereocenters. The molecule has 2 aromatic heterocycles. The van der Waals surface area contributed by atoms with Crippen molar-refractivity contribution in [2.75, 3.05) is 13.1 Å². The number of para-hydroxylation sites is 2. The minimum absolute atomic E-state index is 0.0460. The van der Waals surface area contributed by atoms with Crippen LogP contribution in [0, 0.1) is 11.3 Å². The van der Waals surface area contributed by atoms with Crippen LogP contribution in [0.2, 0.25) is 0 Å². The molecule has 3 heterocycles. The topological polar surface area (TPSA) is 61.9 Å². The molecule has 32 heavy (non-hydrogen) atoms. The first-order chi connectivity index (χ1) is 15.7. The van der Waals surface area contributed by atoms with Crippen molar-refractivity contribution in [3.63, 3.8) is 0 Å². The molecule has 0 saturated carbocycles. The second-order valence-corrected chi connectivity index (χ2v) is 9.24. The van der Waals surface area contributed by atoms with E-state index < -0.39 is 0 Å². The van der Waals surface area contributed by atoms with E-state index in [1.54, 1.807) is 17.4 Å². The summed E-state index contributed by atoms with van der Waals surface area (Å²) in [4.78, 5) is 19.8. The molecule has 6 heteroatoms. The Morgan fingerprint density at radius 3 is 2.94 bits per heavy atom. The second kappa shape index (κ2) is 8.97. The molecule has 2 aromatic carbocycles. The number of nitriles is 1. The highest BCUT2D eigenvalue weighted by molar-refractivity contribution is 7.18. The number of nitrogens with zero attached hydrogens (tertiary/aromatic N) is 4. The van der Waals surface area contributed by atoms with E-state index in [9.17, 15) is 4.79 Å². The number of amides is 1. The van der Waals surface area contributed by atoms with Crippen LogP contribution in [-0.2, 0) is 11.3 Å². The average Bonchev–Trinajstić information content (AvgIpc) is 3.43. The quantitative estimate of drug-likeness (QED) is 0.380. The van der Waals surface area contributed by atoms with Gasteiger partial charge in [0.15, 0.2) is 0 Å². The molecule has 5 rings (SSSR count). The monoisotopic (exact) mass is 440 g/mol. The van der Waals surface area contributed by atoms with E-state index in [-0.39, 0.29) is 5.91 Å². The summed E-state index contributed by atoms with van der Waals surface area (Å²) in [6.45, 7) is 2.15. The standard InChI is InChI=1S/C26H24N4OS/c27-14-6-16-29-17-19(21-8-1-3-10-23(21)29)12-13-25(31)30-15-5-7-20(18-30)26-28-22-9-2-4-11-24(22)32-26/h1-4,8-13,17,20H,5-7,15-16,18H2/b13-12+. The molecular formula is C26H24N4OS. The van der Waals surface area contributed by atoms with E-state index in [1.807, 2.05) is 41.4 Å². The van der Waals surface area contributed by atoms with Crippen molar-refractivity contribution in [1.82, 2.24) is 14.5 Å². The van der Waals surface area contributed by atoms with Crippen LogP contribution >= 0.6 is 11.3 Å². The van der Waals surface area contributed by atoms with Crippen molar-refractivity contribution in [2.45, 2.75) is 31.7 Å². The normalized spacial score (nSPS) is 16.7. The van der Waals surface area contributed by atoms with E-state index in [1.165, 1.54) is 4.70 Å². The lowest BCUT2D eigenvalue weighted by molar-refractivity contribution is -0.127. The summed E-state index contributed by atoms with van der Waals surface area (Å²) >= 11 is 1.75. The van der Waals surface area contributed by atoms with Crippen LogP contribution in [0.15, 0.2) is 60.8 Å². The Kier molecular flexibility index (Phi) is 5.74. The number of likely N-dealkylation sites (tertiary alicyclic amines) is 1. The van der Waals surface area contributed by atoms with Crippen molar-refractivity contribution in [3.05, 3.63) is 71.4 Å². The van der Waals surface area contributed by atoms with E-state index in [4.69, 9.17) is 10.2 Å². The lowest BCUT2D eigenvalue weighted by Crippen LogP contribution is -2.38. The molecule has 0 aliphatic carbocycles. The van der Waals surface area contributed by atoms with E-state index in [0.717, 1.165) is 46.4 Å². The average molecular weight is 441 g/mol. The van der Waals surface area contributed by atoms with Gasteiger partial charge in [-0.1, -0.05) is 30.3 Å². The third-order valence-corrected chi connectivity index (χ3v) is 7.28. The highest BCUT2D eigenvalue weighted by atomic mass is 32.1. The molecule has 1 unspecified atom stereocenters. The number of fused-ring (bicyclic) bond motifs is 2. The van der Waals surface area contributed by atoms with Gasteiger partial charge in [0.25, 0.3) is 0 Å². The van der Waals surface area contributed by atoms with Crippen molar-refractivity contribution in [3.8, 4) is 6.07 Å². The number of benzene rings is 2. The molecule has 0 radical (unpaired) electrons. The fraction of sp³-hybridized carbons (Fsp3) is 0.269. The van der Waals surface area contributed by atoms with E-state index >= 15 is 0 Å². The Labute approximate surface area is 191 Å². The smallest absolute Gasteiger partial charge is 0.246 e. The number of carbonyl (C=O) groups excluding carboxylic acids is 1. The van der Waals surface area contributed by atoms with Gasteiger partial charge in [0.05, 0.1) is 27.7 Å². The molecule has 160 valence electrons. The van der Waals surface area contributed by atoms with Crippen LogP contribution < -0.4 is 0 Å². The summed E-state index contributed by atoms with van der Waals surface area (Å²) < 4.78 is 3.30. The molecule has 1 aliphatic heterocycles. The SMILES string of the molecule is N#CCCn1cc(/C=C/C(=O)N2CCCC(c3nc4ccccc4s3)C2)c2ccccc21. The summed E-state index contributed by atoms with van der Waals surface area (Å²) in [6.07, 6.45) is 8.16. The maximum atomic E-state index is 13.0. The molecule has 1 saturated heterocycles. The zero-order valence-electron chi connectivity index (χ0n) is 17.8. The van der Waals surface area contributed by atoms with Gasteiger partial charge >= 0.3 is 0 Å². The number of hydrogen-bond acceptors (Lipinski definition) is 4. The first-order valence-electron chi connectivity index (χ1n) is 11.0. The highest BCUT2D eigenvalue weighted by Gasteiger charge is 2.26. The minimum Gasteiger partial charge on any atom is -0.346 e. The van der Waals surface area contributed by atoms with E-state index in [2.05, 4.69) is 34.9 Å².